The monoisotopic (exact) mass is 236 g/mol. The van der Waals surface area contributed by atoms with Crippen molar-refractivity contribution in [2.45, 2.75) is 44.2 Å². The van der Waals surface area contributed by atoms with Gasteiger partial charge in [-0.05, 0) is 31.6 Å². The highest BCUT2D eigenvalue weighted by Crippen LogP contribution is 2.32. The van der Waals surface area contributed by atoms with Crippen LogP contribution >= 0.6 is 0 Å². The van der Waals surface area contributed by atoms with Gasteiger partial charge >= 0.3 is 0 Å². The summed E-state index contributed by atoms with van der Waals surface area (Å²) in [6.07, 6.45) is 5.62. The van der Waals surface area contributed by atoms with Crippen LogP contribution in [0.5, 0.6) is 0 Å². The van der Waals surface area contributed by atoms with Crippen molar-refractivity contribution in [2.75, 3.05) is 0 Å². The topological polar surface area (TPSA) is 94.0 Å². The van der Waals surface area contributed by atoms with Gasteiger partial charge in [-0.1, -0.05) is 5.16 Å². The summed E-state index contributed by atoms with van der Waals surface area (Å²) in [4.78, 5) is 14.8. The lowest BCUT2D eigenvalue weighted by Crippen LogP contribution is -2.38. The van der Waals surface area contributed by atoms with E-state index in [0.717, 1.165) is 19.3 Å². The first-order chi connectivity index (χ1) is 8.20. The first-order valence-corrected chi connectivity index (χ1v) is 6.09. The minimum atomic E-state index is -0.634. The van der Waals surface area contributed by atoms with E-state index in [-0.39, 0.29) is 5.82 Å². The third-order valence-corrected chi connectivity index (χ3v) is 3.72. The Kier molecular flexibility index (Phi) is 2.58. The SMILES string of the molecule is NC(=O)c1noc(CC2CC3CCC(C2)N3)n1. The normalized spacial score (nSPS) is 31.6. The number of rotatable bonds is 3. The maximum atomic E-state index is 10.8. The summed E-state index contributed by atoms with van der Waals surface area (Å²) >= 11 is 0. The number of carbonyl (C=O) groups excluding carboxylic acids is 1. The highest BCUT2D eigenvalue weighted by molar-refractivity contribution is 5.88. The fourth-order valence-electron chi connectivity index (χ4n) is 3.03. The Morgan fingerprint density at radius 1 is 1.41 bits per heavy atom. The van der Waals surface area contributed by atoms with E-state index < -0.39 is 5.91 Å². The molecule has 1 aromatic heterocycles. The van der Waals surface area contributed by atoms with Crippen LogP contribution in [-0.4, -0.2) is 28.1 Å². The molecule has 2 saturated heterocycles. The molecule has 1 aromatic rings. The molecule has 17 heavy (non-hydrogen) atoms. The molecule has 2 fully saturated rings. The van der Waals surface area contributed by atoms with Gasteiger partial charge in [0.1, 0.15) is 0 Å². The van der Waals surface area contributed by atoms with Gasteiger partial charge in [-0.15, -0.1) is 0 Å². The average molecular weight is 236 g/mol. The van der Waals surface area contributed by atoms with Gasteiger partial charge in [0.25, 0.3) is 11.7 Å². The van der Waals surface area contributed by atoms with E-state index in [4.69, 9.17) is 10.3 Å². The van der Waals surface area contributed by atoms with Crippen molar-refractivity contribution in [1.29, 1.82) is 0 Å². The number of amides is 1. The molecule has 0 spiro atoms. The second kappa shape index (κ2) is 4.10. The van der Waals surface area contributed by atoms with Crippen LogP contribution < -0.4 is 11.1 Å². The summed E-state index contributed by atoms with van der Waals surface area (Å²) in [5.74, 6) is 0.460. The standard InChI is InChI=1S/C11H16N4O2/c12-10(16)11-14-9(17-15-11)5-6-3-7-1-2-8(4-6)13-7/h6-8,13H,1-5H2,(H2,12,16). The number of hydrogen-bond donors (Lipinski definition) is 2. The maximum absolute atomic E-state index is 10.8. The molecule has 2 bridgehead atoms. The molecule has 0 radical (unpaired) electrons. The van der Waals surface area contributed by atoms with Crippen molar-refractivity contribution in [3.63, 3.8) is 0 Å². The number of nitrogens with one attached hydrogen (secondary N) is 1. The third-order valence-electron chi connectivity index (χ3n) is 3.72. The van der Waals surface area contributed by atoms with Crippen molar-refractivity contribution in [1.82, 2.24) is 15.5 Å². The van der Waals surface area contributed by atoms with Crippen LogP contribution in [0.25, 0.3) is 0 Å². The molecule has 3 rings (SSSR count). The number of nitrogens with zero attached hydrogens (tertiary/aromatic N) is 2. The second-order valence-corrected chi connectivity index (χ2v) is 5.06. The van der Waals surface area contributed by atoms with Gasteiger partial charge in [0, 0.05) is 18.5 Å². The molecule has 6 nitrogen and oxygen atoms in total. The minimum Gasteiger partial charge on any atom is -0.363 e. The van der Waals surface area contributed by atoms with Crippen molar-refractivity contribution >= 4 is 5.91 Å². The Labute approximate surface area is 98.9 Å². The van der Waals surface area contributed by atoms with Crippen LogP contribution in [0.3, 0.4) is 0 Å². The summed E-state index contributed by atoms with van der Waals surface area (Å²) in [5, 5.41) is 7.15. The number of fused-ring (bicyclic) bond motifs is 2. The van der Waals surface area contributed by atoms with Crippen molar-refractivity contribution < 1.29 is 9.32 Å². The molecule has 0 saturated carbocycles. The van der Waals surface area contributed by atoms with E-state index >= 15 is 0 Å². The highest BCUT2D eigenvalue weighted by atomic mass is 16.5. The average Bonchev–Trinajstić information content (AvgIpc) is 2.86. The van der Waals surface area contributed by atoms with Gasteiger partial charge in [0.2, 0.25) is 5.89 Å². The highest BCUT2D eigenvalue weighted by Gasteiger charge is 2.34. The van der Waals surface area contributed by atoms with E-state index in [2.05, 4.69) is 15.5 Å². The quantitative estimate of drug-likeness (QED) is 0.784. The molecule has 3 heterocycles. The zero-order valence-electron chi connectivity index (χ0n) is 9.56. The summed E-state index contributed by atoms with van der Waals surface area (Å²) in [6, 6.07) is 1.30. The first-order valence-electron chi connectivity index (χ1n) is 6.09. The van der Waals surface area contributed by atoms with Gasteiger partial charge in [0.15, 0.2) is 0 Å². The lowest BCUT2D eigenvalue weighted by Gasteiger charge is -2.27. The minimum absolute atomic E-state index is 0.0168. The molecule has 3 N–H and O–H groups in total. The number of carbonyl (C=O) groups is 1. The van der Waals surface area contributed by atoms with Gasteiger partial charge in [-0.3, -0.25) is 4.79 Å². The predicted molar refractivity (Wildman–Crippen MR) is 59.2 cm³/mol. The number of hydrogen-bond acceptors (Lipinski definition) is 5. The van der Waals surface area contributed by atoms with Crippen LogP contribution in [0.4, 0.5) is 0 Å². The molecule has 2 aliphatic rings. The Hall–Kier alpha value is -1.43. The third kappa shape index (κ3) is 2.17. The Morgan fingerprint density at radius 2 is 2.12 bits per heavy atom. The summed E-state index contributed by atoms with van der Waals surface area (Å²) in [5.41, 5.74) is 5.08. The molecular weight excluding hydrogens is 220 g/mol. The molecule has 0 aromatic carbocycles. The Bertz CT molecular complexity index is 419. The number of piperidine rings is 1. The molecule has 1 amide bonds. The fraction of sp³-hybridized carbons (Fsp3) is 0.727. The van der Waals surface area contributed by atoms with Crippen LogP contribution in [0.15, 0.2) is 4.52 Å². The van der Waals surface area contributed by atoms with E-state index in [1.165, 1.54) is 12.8 Å². The molecular formula is C11H16N4O2. The second-order valence-electron chi connectivity index (χ2n) is 5.06. The van der Waals surface area contributed by atoms with Crippen molar-refractivity contribution in [3.8, 4) is 0 Å². The summed E-state index contributed by atoms with van der Waals surface area (Å²) in [7, 11) is 0. The first kappa shape index (κ1) is 10.7. The largest absolute Gasteiger partial charge is 0.363 e. The molecule has 0 aliphatic carbocycles. The van der Waals surface area contributed by atoms with E-state index in [1.807, 2.05) is 0 Å². The Morgan fingerprint density at radius 3 is 2.71 bits per heavy atom. The fourth-order valence-corrected chi connectivity index (χ4v) is 3.03. The number of aromatic nitrogens is 2. The molecule has 2 unspecified atom stereocenters. The zero-order chi connectivity index (χ0) is 11.8. The Balaban J connectivity index is 1.64. The number of primary amides is 1. The zero-order valence-corrected chi connectivity index (χ0v) is 9.56. The van der Waals surface area contributed by atoms with Crippen LogP contribution in [0.2, 0.25) is 0 Å². The predicted octanol–water partition coefficient (Wildman–Crippen LogP) is 0.242. The lowest BCUT2D eigenvalue weighted by atomic mass is 9.90. The van der Waals surface area contributed by atoms with Crippen LogP contribution in [0, 0.1) is 5.92 Å². The van der Waals surface area contributed by atoms with Gasteiger partial charge in [-0.2, -0.15) is 4.98 Å². The van der Waals surface area contributed by atoms with E-state index in [0.29, 0.717) is 23.9 Å². The van der Waals surface area contributed by atoms with Crippen molar-refractivity contribution in [3.05, 3.63) is 11.7 Å². The van der Waals surface area contributed by atoms with Crippen LogP contribution in [0.1, 0.15) is 42.2 Å². The van der Waals surface area contributed by atoms with E-state index in [1.54, 1.807) is 0 Å². The molecule has 2 atom stereocenters. The van der Waals surface area contributed by atoms with Gasteiger partial charge < -0.3 is 15.6 Å². The van der Waals surface area contributed by atoms with Crippen LogP contribution in [-0.2, 0) is 6.42 Å². The lowest BCUT2D eigenvalue weighted by molar-refractivity contribution is 0.0987. The van der Waals surface area contributed by atoms with Gasteiger partial charge in [-0.25, -0.2) is 0 Å². The smallest absolute Gasteiger partial charge is 0.290 e. The summed E-state index contributed by atoms with van der Waals surface area (Å²) in [6.45, 7) is 0. The summed E-state index contributed by atoms with van der Waals surface area (Å²) < 4.78 is 5.04. The molecule has 2 aliphatic heterocycles. The number of nitrogens with two attached hydrogens (primary N) is 1. The molecule has 6 heteroatoms. The van der Waals surface area contributed by atoms with E-state index in [9.17, 15) is 4.79 Å². The molecule has 92 valence electrons. The van der Waals surface area contributed by atoms with Crippen molar-refractivity contribution in [2.24, 2.45) is 11.7 Å². The maximum Gasteiger partial charge on any atom is 0.290 e. The van der Waals surface area contributed by atoms with Gasteiger partial charge in [0.05, 0.1) is 0 Å².